The molecule has 1 amide bonds. The molecular weight excluding hydrogens is 522 g/mol. The van der Waals surface area contributed by atoms with Gasteiger partial charge in [-0.25, -0.2) is 10.2 Å². The van der Waals surface area contributed by atoms with Gasteiger partial charge in [0.2, 0.25) is 5.91 Å². The fourth-order valence-corrected chi connectivity index (χ4v) is 4.92. The second-order valence-corrected chi connectivity index (χ2v) is 9.73. The van der Waals surface area contributed by atoms with E-state index in [9.17, 15) is 19.7 Å². The number of rotatable bonds is 10. The lowest BCUT2D eigenvalue weighted by molar-refractivity contribution is -0.431. The van der Waals surface area contributed by atoms with Gasteiger partial charge < -0.3 is 15.4 Å². The van der Waals surface area contributed by atoms with Gasteiger partial charge in [-0.2, -0.15) is 5.10 Å². The van der Waals surface area contributed by atoms with Crippen LogP contribution in [0.2, 0.25) is 5.02 Å². The van der Waals surface area contributed by atoms with Gasteiger partial charge in [-0.05, 0) is 56.0 Å². The van der Waals surface area contributed by atoms with E-state index in [1.54, 1.807) is 38.1 Å². The Kier molecular flexibility index (Phi) is 8.98. The molecule has 4 rings (SSSR count). The number of halogens is 1. The molecule has 0 saturated carbocycles. The SMILES string of the molecule is CC1=C(C(=O)OCCCCNc2ccc(C3=NNC(=O)CC3)cc2)C(c2ccccc2Cl)C([N+](=O)[O-])=C(C)N1. The number of ether oxygens (including phenoxy) is 1. The minimum Gasteiger partial charge on any atom is -0.462 e. The summed E-state index contributed by atoms with van der Waals surface area (Å²) in [5.74, 6) is -1.62. The summed E-state index contributed by atoms with van der Waals surface area (Å²) < 4.78 is 5.55. The molecule has 1 atom stereocenters. The molecule has 2 aromatic rings. The van der Waals surface area contributed by atoms with Crippen LogP contribution in [-0.4, -0.2) is 35.7 Å². The standard InChI is InChI=1S/C28H30ClN5O5/c1-17-25(26(21-7-3-4-8-22(21)29)27(34(37)38)18(2)31-17)28(36)39-16-6-5-15-30-20-11-9-19(10-12-20)23-13-14-24(35)33-32-23/h3-4,7-12,26,30-31H,5-6,13-16H2,1-2H3,(H,33,35). The van der Waals surface area contributed by atoms with Gasteiger partial charge in [0.15, 0.2) is 0 Å². The lowest BCUT2D eigenvalue weighted by Gasteiger charge is -2.27. The van der Waals surface area contributed by atoms with Crippen LogP contribution in [0.1, 0.15) is 56.6 Å². The molecule has 2 aliphatic rings. The van der Waals surface area contributed by atoms with Crippen molar-refractivity contribution in [1.82, 2.24) is 10.7 Å². The highest BCUT2D eigenvalue weighted by Crippen LogP contribution is 2.41. The number of amides is 1. The van der Waals surface area contributed by atoms with Crippen molar-refractivity contribution in [1.29, 1.82) is 0 Å². The van der Waals surface area contributed by atoms with Crippen LogP contribution in [0, 0.1) is 10.1 Å². The van der Waals surface area contributed by atoms with Crippen molar-refractivity contribution in [3.05, 3.63) is 97.5 Å². The van der Waals surface area contributed by atoms with Crippen LogP contribution in [0.25, 0.3) is 0 Å². The van der Waals surface area contributed by atoms with E-state index in [-0.39, 0.29) is 23.8 Å². The van der Waals surface area contributed by atoms with Crippen LogP contribution < -0.4 is 16.1 Å². The number of unbranched alkanes of at least 4 members (excludes halogenated alkanes) is 1. The summed E-state index contributed by atoms with van der Waals surface area (Å²) >= 11 is 6.39. The van der Waals surface area contributed by atoms with E-state index in [2.05, 4.69) is 21.2 Å². The summed E-state index contributed by atoms with van der Waals surface area (Å²) in [7, 11) is 0. The third kappa shape index (κ3) is 6.64. The number of anilines is 1. The van der Waals surface area contributed by atoms with Crippen LogP contribution in [0.4, 0.5) is 5.69 Å². The molecule has 0 fully saturated rings. The zero-order valence-electron chi connectivity index (χ0n) is 21.8. The average Bonchev–Trinajstić information content (AvgIpc) is 2.91. The van der Waals surface area contributed by atoms with Gasteiger partial charge in [0.05, 0.1) is 28.5 Å². The van der Waals surface area contributed by atoms with E-state index in [0.29, 0.717) is 47.8 Å². The van der Waals surface area contributed by atoms with Gasteiger partial charge in [0.1, 0.15) is 5.92 Å². The van der Waals surface area contributed by atoms with E-state index < -0.39 is 16.8 Å². The van der Waals surface area contributed by atoms with Gasteiger partial charge in [0.25, 0.3) is 5.70 Å². The second-order valence-electron chi connectivity index (χ2n) is 9.33. The molecule has 2 aromatic carbocycles. The first-order valence-corrected chi connectivity index (χ1v) is 13.1. The number of esters is 1. The highest BCUT2D eigenvalue weighted by atomic mass is 35.5. The van der Waals surface area contributed by atoms with Gasteiger partial charge >= 0.3 is 5.97 Å². The lowest BCUT2D eigenvalue weighted by Crippen LogP contribution is -2.31. The Morgan fingerprint density at radius 2 is 1.87 bits per heavy atom. The van der Waals surface area contributed by atoms with Gasteiger partial charge in [-0.1, -0.05) is 41.9 Å². The van der Waals surface area contributed by atoms with Crippen LogP contribution in [-0.2, 0) is 14.3 Å². The summed E-state index contributed by atoms with van der Waals surface area (Å²) in [5.41, 5.74) is 6.67. The quantitative estimate of drug-likeness (QED) is 0.166. The number of nitrogens with one attached hydrogen (secondary N) is 3. The molecule has 0 aromatic heterocycles. The highest BCUT2D eigenvalue weighted by molar-refractivity contribution is 6.31. The molecular formula is C28H30ClN5O5. The number of dihydropyridines is 1. The zero-order chi connectivity index (χ0) is 27.9. The van der Waals surface area contributed by atoms with Gasteiger partial charge in [-0.3, -0.25) is 14.9 Å². The number of nitrogens with zero attached hydrogens (tertiary/aromatic N) is 2. The zero-order valence-corrected chi connectivity index (χ0v) is 22.5. The molecule has 1 unspecified atom stereocenters. The Morgan fingerprint density at radius 3 is 2.54 bits per heavy atom. The molecule has 0 radical (unpaired) electrons. The Labute approximate surface area is 231 Å². The van der Waals surface area contributed by atoms with E-state index in [4.69, 9.17) is 16.3 Å². The molecule has 2 aliphatic heterocycles. The Bertz CT molecular complexity index is 1370. The van der Waals surface area contributed by atoms with Crippen LogP contribution >= 0.6 is 11.6 Å². The van der Waals surface area contributed by atoms with Crippen molar-refractivity contribution in [3.63, 3.8) is 0 Å². The number of hydrogen-bond acceptors (Lipinski definition) is 8. The number of hydrazone groups is 1. The number of allylic oxidation sites excluding steroid dienone is 3. The molecule has 0 spiro atoms. The minimum atomic E-state index is -0.942. The average molecular weight is 552 g/mol. The van der Waals surface area contributed by atoms with E-state index in [1.165, 1.54) is 0 Å². The molecule has 0 aliphatic carbocycles. The number of benzene rings is 2. The monoisotopic (exact) mass is 551 g/mol. The first kappa shape index (κ1) is 27.8. The first-order chi connectivity index (χ1) is 18.8. The van der Waals surface area contributed by atoms with E-state index in [1.807, 2.05) is 24.3 Å². The maximum absolute atomic E-state index is 13.2. The van der Waals surface area contributed by atoms with Crippen LogP contribution in [0.5, 0.6) is 0 Å². The largest absolute Gasteiger partial charge is 0.462 e. The summed E-state index contributed by atoms with van der Waals surface area (Å²) in [6.07, 6.45) is 2.41. The Balaban J connectivity index is 1.30. The molecule has 11 heteroatoms. The van der Waals surface area contributed by atoms with Crippen LogP contribution in [0.15, 0.2) is 76.3 Å². The van der Waals surface area contributed by atoms with E-state index >= 15 is 0 Å². The summed E-state index contributed by atoms with van der Waals surface area (Å²) in [6.45, 7) is 4.16. The smallest absolute Gasteiger partial charge is 0.336 e. The lowest BCUT2D eigenvalue weighted by atomic mass is 9.84. The molecule has 204 valence electrons. The number of carbonyl (C=O) groups is 2. The summed E-state index contributed by atoms with van der Waals surface area (Å²) in [6, 6.07) is 14.6. The van der Waals surface area contributed by atoms with Crippen LogP contribution in [0.3, 0.4) is 0 Å². The highest BCUT2D eigenvalue weighted by Gasteiger charge is 2.41. The predicted molar refractivity (Wildman–Crippen MR) is 149 cm³/mol. The Morgan fingerprint density at radius 1 is 1.13 bits per heavy atom. The topological polar surface area (TPSA) is 135 Å². The van der Waals surface area contributed by atoms with E-state index in [0.717, 1.165) is 23.4 Å². The fraction of sp³-hybridized carbons (Fsp3) is 0.321. The van der Waals surface area contributed by atoms with Crippen molar-refractivity contribution in [2.24, 2.45) is 5.10 Å². The second kappa shape index (κ2) is 12.6. The molecule has 10 nitrogen and oxygen atoms in total. The molecule has 3 N–H and O–H groups in total. The van der Waals surface area contributed by atoms with Crippen molar-refractivity contribution in [3.8, 4) is 0 Å². The van der Waals surface area contributed by atoms with Crippen molar-refractivity contribution in [2.75, 3.05) is 18.5 Å². The molecule has 0 bridgehead atoms. The summed E-state index contributed by atoms with van der Waals surface area (Å²) in [5, 5.41) is 22.7. The Hall–Kier alpha value is -4.18. The first-order valence-electron chi connectivity index (χ1n) is 12.7. The fourth-order valence-electron chi connectivity index (χ4n) is 4.67. The summed E-state index contributed by atoms with van der Waals surface area (Å²) in [4.78, 5) is 35.9. The van der Waals surface area contributed by atoms with Gasteiger partial charge in [-0.15, -0.1) is 0 Å². The minimum absolute atomic E-state index is 0.0707. The maximum Gasteiger partial charge on any atom is 0.336 e. The normalized spacial score (nSPS) is 17.3. The molecule has 2 heterocycles. The third-order valence-electron chi connectivity index (χ3n) is 6.61. The number of carbonyl (C=O) groups excluding carboxylic acids is 2. The number of hydrogen-bond donors (Lipinski definition) is 3. The number of nitro groups is 1. The van der Waals surface area contributed by atoms with Crippen molar-refractivity contribution < 1.29 is 19.2 Å². The predicted octanol–water partition coefficient (Wildman–Crippen LogP) is 4.86. The third-order valence-corrected chi connectivity index (χ3v) is 6.96. The maximum atomic E-state index is 13.2. The molecule has 39 heavy (non-hydrogen) atoms. The van der Waals surface area contributed by atoms with Crippen molar-refractivity contribution >= 4 is 34.9 Å². The van der Waals surface area contributed by atoms with Crippen molar-refractivity contribution in [2.45, 2.75) is 45.4 Å². The molecule has 0 saturated heterocycles. The van der Waals surface area contributed by atoms with Gasteiger partial charge in [0, 0.05) is 35.8 Å².